The molecule has 2 aromatic rings. The number of fused-ring (bicyclic) bond motifs is 1. The predicted molar refractivity (Wildman–Crippen MR) is 95.5 cm³/mol. The van der Waals surface area contributed by atoms with Crippen molar-refractivity contribution in [3.8, 4) is 0 Å². The molecule has 0 aromatic heterocycles. The molecule has 0 radical (unpaired) electrons. The Morgan fingerprint density at radius 1 is 0.962 bits per heavy atom. The minimum Gasteiger partial charge on any atom is -0.454 e. The Balaban J connectivity index is 1.52. The van der Waals surface area contributed by atoms with E-state index in [-0.39, 0.29) is 11.1 Å². The molecular weight excluding hydrogens is 404 g/mol. The monoisotopic (exact) mass is 416 g/mol. The fourth-order valence-corrected chi connectivity index (χ4v) is 2.70. The van der Waals surface area contributed by atoms with E-state index in [0.29, 0.717) is 5.69 Å². The SMILES string of the molecule is O=C(COC(=O)CN1C(=O)c2ccccc2C1=O)Nc1ccc(Br)cc1. The number of benzene rings is 2. The topological polar surface area (TPSA) is 92.8 Å². The van der Waals surface area contributed by atoms with Gasteiger partial charge in [0.1, 0.15) is 6.54 Å². The summed E-state index contributed by atoms with van der Waals surface area (Å²) in [5, 5.41) is 2.57. The highest BCUT2D eigenvalue weighted by Gasteiger charge is 2.36. The minimum atomic E-state index is -0.842. The van der Waals surface area contributed by atoms with Crippen molar-refractivity contribution < 1.29 is 23.9 Å². The van der Waals surface area contributed by atoms with Gasteiger partial charge in [-0.2, -0.15) is 0 Å². The summed E-state index contributed by atoms with van der Waals surface area (Å²) >= 11 is 3.28. The lowest BCUT2D eigenvalue weighted by Gasteiger charge is -2.13. The van der Waals surface area contributed by atoms with Crippen LogP contribution < -0.4 is 5.32 Å². The maximum atomic E-state index is 12.2. The second-order valence-corrected chi connectivity index (χ2v) is 6.37. The molecule has 132 valence electrons. The Bertz CT molecular complexity index is 860. The number of hydrogen-bond donors (Lipinski definition) is 1. The molecule has 0 bridgehead atoms. The van der Waals surface area contributed by atoms with Gasteiger partial charge in [0.2, 0.25) is 0 Å². The zero-order chi connectivity index (χ0) is 18.7. The molecule has 1 heterocycles. The Morgan fingerprint density at radius 2 is 1.54 bits per heavy atom. The Kier molecular flexibility index (Phi) is 5.13. The van der Waals surface area contributed by atoms with Crippen LogP contribution in [0.4, 0.5) is 5.69 Å². The summed E-state index contributed by atoms with van der Waals surface area (Å²) in [7, 11) is 0. The van der Waals surface area contributed by atoms with Crippen LogP contribution in [0.3, 0.4) is 0 Å². The molecule has 3 rings (SSSR count). The van der Waals surface area contributed by atoms with Crippen LogP contribution in [-0.2, 0) is 14.3 Å². The van der Waals surface area contributed by atoms with Gasteiger partial charge in [0, 0.05) is 10.2 Å². The third-order valence-corrected chi connectivity index (χ3v) is 4.19. The summed E-state index contributed by atoms with van der Waals surface area (Å²) in [6.07, 6.45) is 0. The first-order valence-corrected chi connectivity index (χ1v) is 8.41. The van der Waals surface area contributed by atoms with Crippen LogP contribution in [0, 0.1) is 0 Å². The van der Waals surface area contributed by atoms with E-state index >= 15 is 0 Å². The van der Waals surface area contributed by atoms with Gasteiger partial charge in [0.25, 0.3) is 17.7 Å². The molecule has 0 saturated carbocycles. The number of imide groups is 1. The van der Waals surface area contributed by atoms with Crippen molar-refractivity contribution in [2.24, 2.45) is 0 Å². The lowest BCUT2D eigenvalue weighted by molar-refractivity contribution is -0.147. The highest BCUT2D eigenvalue weighted by molar-refractivity contribution is 9.10. The Morgan fingerprint density at radius 3 is 2.12 bits per heavy atom. The number of nitrogens with zero attached hydrogens (tertiary/aromatic N) is 1. The molecule has 7 nitrogen and oxygen atoms in total. The molecule has 8 heteroatoms. The number of carbonyl (C=O) groups is 4. The summed E-state index contributed by atoms with van der Waals surface area (Å²) in [6.45, 7) is -1.06. The normalized spacial score (nSPS) is 12.7. The van der Waals surface area contributed by atoms with Gasteiger partial charge in [-0.25, -0.2) is 0 Å². The molecule has 0 aliphatic carbocycles. The van der Waals surface area contributed by atoms with Crippen LogP contribution >= 0.6 is 15.9 Å². The van der Waals surface area contributed by atoms with Gasteiger partial charge in [0.05, 0.1) is 11.1 Å². The van der Waals surface area contributed by atoms with E-state index in [1.54, 1.807) is 36.4 Å². The Labute approximate surface area is 157 Å². The van der Waals surface area contributed by atoms with Crippen molar-refractivity contribution in [2.45, 2.75) is 0 Å². The first kappa shape index (κ1) is 17.8. The summed E-state index contributed by atoms with van der Waals surface area (Å²) in [5.74, 6) is -2.47. The zero-order valence-corrected chi connectivity index (χ0v) is 15.0. The second kappa shape index (κ2) is 7.49. The fourth-order valence-electron chi connectivity index (χ4n) is 2.43. The number of carbonyl (C=O) groups excluding carboxylic acids is 4. The third-order valence-electron chi connectivity index (χ3n) is 3.66. The van der Waals surface area contributed by atoms with Crippen LogP contribution in [0.15, 0.2) is 53.0 Å². The number of nitrogens with one attached hydrogen (secondary N) is 1. The average Bonchev–Trinajstić information content (AvgIpc) is 2.87. The van der Waals surface area contributed by atoms with Crippen molar-refractivity contribution >= 4 is 45.3 Å². The number of esters is 1. The fraction of sp³-hybridized carbons (Fsp3) is 0.111. The smallest absolute Gasteiger partial charge is 0.326 e. The molecular formula is C18H13BrN2O5. The molecule has 0 saturated heterocycles. The number of ether oxygens (including phenoxy) is 1. The summed E-state index contributed by atoms with van der Waals surface area (Å²) in [4.78, 5) is 48.8. The average molecular weight is 417 g/mol. The highest BCUT2D eigenvalue weighted by atomic mass is 79.9. The van der Waals surface area contributed by atoms with Crippen molar-refractivity contribution in [1.29, 1.82) is 0 Å². The lowest BCUT2D eigenvalue weighted by atomic mass is 10.1. The summed E-state index contributed by atoms with van der Waals surface area (Å²) < 4.78 is 5.71. The van der Waals surface area contributed by atoms with Crippen molar-refractivity contribution in [1.82, 2.24) is 4.90 Å². The van der Waals surface area contributed by atoms with Crippen molar-refractivity contribution in [3.05, 3.63) is 64.1 Å². The lowest BCUT2D eigenvalue weighted by Crippen LogP contribution is -2.36. The van der Waals surface area contributed by atoms with E-state index in [9.17, 15) is 19.2 Å². The molecule has 1 aliphatic heterocycles. The van der Waals surface area contributed by atoms with E-state index < -0.39 is 36.8 Å². The van der Waals surface area contributed by atoms with Gasteiger partial charge in [-0.05, 0) is 36.4 Å². The van der Waals surface area contributed by atoms with Gasteiger partial charge in [-0.15, -0.1) is 0 Å². The minimum absolute atomic E-state index is 0.248. The number of rotatable bonds is 5. The van der Waals surface area contributed by atoms with Crippen LogP contribution in [0.1, 0.15) is 20.7 Å². The maximum absolute atomic E-state index is 12.2. The largest absolute Gasteiger partial charge is 0.454 e. The van der Waals surface area contributed by atoms with Gasteiger partial charge in [-0.1, -0.05) is 28.1 Å². The first-order chi connectivity index (χ1) is 12.5. The van der Waals surface area contributed by atoms with Gasteiger partial charge >= 0.3 is 5.97 Å². The van der Waals surface area contributed by atoms with Crippen LogP contribution in [0.5, 0.6) is 0 Å². The summed E-state index contributed by atoms with van der Waals surface area (Å²) in [6, 6.07) is 13.2. The van der Waals surface area contributed by atoms with Gasteiger partial charge in [-0.3, -0.25) is 24.1 Å². The number of amides is 3. The second-order valence-electron chi connectivity index (χ2n) is 5.46. The third kappa shape index (κ3) is 3.80. The molecule has 0 unspecified atom stereocenters. The van der Waals surface area contributed by atoms with E-state index in [0.717, 1.165) is 9.37 Å². The van der Waals surface area contributed by atoms with Crippen LogP contribution in [-0.4, -0.2) is 41.7 Å². The quantitative estimate of drug-likeness (QED) is 0.595. The van der Waals surface area contributed by atoms with Gasteiger partial charge in [0.15, 0.2) is 6.61 Å². The van der Waals surface area contributed by atoms with Crippen molar-refractivity contribution in [3.63, 3.8) is 0 Å². The molecule has 1 aliphatic rings. The van der Waals surface area contributed by atoms with E-state index in [1.165, 1.54) is 12.1 Å². The molecule has 0 spiro atoms. The zero-order valence-electron chi connectivity index (χ0n) is 13.4. The predicted octanol–water partition coefficient (Wildman–Crippen LogP) is 2.23. The first-order valence-electron chi connectivity index (χ1n) is 7.62. The maximum Gasteiger partial charge on any atom is 0.326 e. The van der Waals surface area contributed by atoms with E-state index in [4.69, 9.17) is 4.74 Å². The van der Waals surface area contributed by atoms with Crippen LogP contribution in [0.2, 0.25) is 0 Å². The molecule has 0 fully saturated rings. The molecule has 3 amide bonds. The highest BCUT2D eigenvalue weighted by Crippen LogP contribution is 2.22. The van der Waals surface area contributed by atoms with E-state index in [1.807, 2.05) is 0 Å². The molecule has 1 N–H and O–H groups in total. The van der Waals surface area contributed by atoms with Gasteiger partial charge < -0.3 is 10.1 Å². The Hall–Kier alpha value is -3.00. The molecule has 26 heavy (non-hydrogen) atoms. The number of halogens is 1. The van der Waals surface area contributed by atoms with E-state index in [2.05, 4.69) is 21.2 Å². The molecule has 0 atom stereocenters. The standard InChI is InChI=1S/C18H13BrN2O5/c19-11-5-7-12(8-6-11)20-15(22)10-26-16(23)9-21-17(24)13-3-1-2-4-14(13)18(21)25/h1-8H,9-10H2,(H,20,22). The summed E-state index contributed by atoms with van der Waals surface area (Å²) in [5.41, 5.74) is 1.05. The van der Waals surface area contributed by atoms with Crippen molar-refractivity contribution in [2.75, 3.05) is 18.5 Å². The number of anilines is 1. The van der Waals surface area contributed by atoms with Crippen LogP contribution in [0.25, 0.3) is 0 Å². The number of hydrogen-bond acceptors (Lipinski definition) is 5. The molecule has 2 aromatic carbocycles.